The molecule has 110 valence electrons. The Kier molecular flexibility index (Phi) is 4.35. The standard InChI is InChI=1S/C17H27N3/c1-12(2)16-14-11-18-10-9-15(14)19-17(20-16)13-7-5-3-4-6-8-13/h12-13,18H,3-11H2,1-2H3. The van der Waals surface area contributed by atoms with Crippen LogP contribution in [0.4, 0.5) is 0 Å². The maximum Gasteiger partial charge on any atom is 0.131 e. The van der Waals surface area contributed by atoms with Crippen LogP contribution in [0.25, 0.3) is 0 Å². The third-order valence-corrected chi connectivity index (χ3v) is 4.75. The Hall–Kier alpha value is -0.960. The zero-order valence-electron chi connectivity index (χ0n) is 12.9. The molecule has 1 aromatic heterocycles. The fraction of sp³-hybridized carbons (Fsp3) is 0.765. The van der Waals surface area contributed by atoms with Gasteiger partial charge in [0.2, 0.25) is 0 Å². The van der Waals surface area contributed by atoms with Crippen molar-refractivity contribution in [3.05, 3.63) is 22.8 Å². The van der Waals surface area contributed by atoms with Crippen molar-refractivity contribution >= 4 is 0 Å². The van der Waals surface area contributed by atoms with Gasteiger partial charge in [-0.05, 0) is 18.8 Å². The molecule has 3 nitrogen and oxygen atoms in total. The lowest BCUT2D eigenvalue weighted by molar-refractivity contribution is 0.535. The van der Waals surface area contributed by atoms with Gasteiger partial charge in [-0.2, -0.15) is 0 Å². The lowest BCUT2D eigenvalue weighted by Crippen LogP contribution is -2.28. The van der Waals surface area contributed by atoms with Crippen LogP contribution in [0, 0.1) is 0 Å². The van der Waals surface area contributed by atoms with E-state index < -0.39 is 0 Å². The van der Waals surface area contributed by atoms with Crippen LogP contribution < -0.4 is 5.32 Å². The second kappa shape index (κ2) is 6.21. The van der Waals surface area contributed by atoms with Crippen molar-refractivity contribution in [2.24, 2.45) is 0 Å². The first-order chi connectivity index (χ1) is 9.75. The van der Waals surface area contributed by atoms with Gasteiger partial charge in [-0.15, -0.1) is 0 Å². The van der Waals surface area contributed by atoms with E-state index in [1.54, 1.807) is 0 Å². The van der Waals surface area contributed by atoms with Crippen molar-refractivity contribution in [3.8, 4) is 0 Å². The van der Waals surface area contributed by atoms with Crippen LogP contribution in [0.2, 0.25) is 0 Å². The average Bonchev–Trinajstić information content (AvgIpc) is 2.75. The molecule has 2 aliphatic rings. The van der Waals surface area contributed by atoms with Gasteiger partial charge in [0, 0.05) is 31.0 Å². The summed E-state index contributed by atoms with van der Waals surface area (Å²) < 4.78 is 0. The van der Waals surface area contributed by atoms with Crippen molar-refractivity contribution in [1.82, 2.24) is 15.3 Å². The molecule has 0 aromatic carbocycles. The highest BCUT2D eigenvalue weighted by molar-refractivity contribution is 5.31. The topological polar surface area (TPSA) is 37.8 Å². The van der Waals surface area contributed by atoms with Crippen LogP contribution in [0.15, 0.2) is 0 Å². The predicted molar refractivity (Wildman–Crippen MR) is 82.0 cm³/mol. The van der Waals surface area contributed by atoms with Gasteiger partial charge in [-0.1, -0.05) is 39.5 Å². The lowest BCUT2D eigenvalue weighted by atomic mass is 9.95. The molecule has 0 atom stereocenters. The van der Waals surface area contributed by atoms with Gasteiger partial charge in [0.25, 0.3) is 0 Å². The summed E-state index contributed by atoms with van der Waals surface area (Å²) in [4.78, 5) is 9.97. The molecule has 0 amide bonds. The normalized spacial score (nSPS) is 20.8. The number of hydrogen-bond donors (Lipinski definition) is 1. The minimum Gasteiger partial charge on any atom is -0.312 e. The van der Waals surface area contributed by atoms with E-state index >= 15 is 0 Å². The highest BCUT2D eigenvalue weighted by Gasteiger charge is 2.23. The van der Waals surface area contributed by atoms with Crippen molar-refractivity contribution in [3.63, 3.8) is 0 Å². The molecule has 20 heavy (non-hydrogen) atoms. The maximum atomic E-state index is 5.00. The smallest absolute Gasteiger partial charge is 0.131 e. The van der Waals surface area contributed by atoms with Gasteiger partial charge in [-0.25, -0.2) is 9.97 Å². The SMILES string of the molecule is CC(C)c1nc(C2CCCCCC2)nc2c1CNCC2. The van der Waals surface area contributed by atoms with Gasteiger partial charge in [0.1, 0.15) is 5.82 Å². The molecule has 2 heterocycles. The van der Waals surface area contributed by atoms with Crippen molar-refractivity contribution < 1.29 is 0 Å². The number of aromatic nitrogens is 2. The Morgan fingerprint density at radius 3 is 2.50 bits per heavy atom. The number of nitrogens with one attached hydrogen (secondary N) is 1. The number of hydrogen-bond acceptors (Lipinski definition) is 3. The van der Waals surface area contributed by atoms with Gasteiger partial charge in [0.05, 0.1) is 11.4 Å². The predicted octanol–water partition coefficient (Wildman–Crippen LogP) is 3.68. The first-order valence-electron chi connectivity index (χ1n) is 8.36. The molecule has 3 rings (SSSR count). The highest BCUT2D eigenvalue weighted by Crippen LogP contribution is 2.32. The van der Waals surface area contributed by atoms with E-state index in [-0.39, 0.29) is 0 Å². The van der Waals surface area contributed by atoms with E-state index in [0.717, 1.165) is 25.3 Å². The van der Waals surface area contributed by atoms with Crippen LogP contribution in [0.3, 0.4) is 0 Å². The Labute approximate surface area is 122 Å². The summed E-state index contributed by atoms with van der Waals surface area (Å²) in [6.07, 6.45) is 9.12. The molecule has 1 aliphatic carbocycles. The molecule has 0 unspecified atom stereocenters. The average molecular weight is 273 g/mol. The first kappa shape index (κ1) is 14.0. The molecule has 3 heteroatoms. The summed E-state index contributed by atoms with van der Waals surface area (Å²) >= 11 is 0. The summed E-state index contributed by atoms with van der Waals surface area (Å²) in [5, 5.41) is 3.47. The lowest BCUT2D eigenvalue weighted by Gasteiger charge is -2.24. The highest BCUT2D eigenvalue weighted by atomic mass is 15.0. The molecule has 1 fully saturated rings. The second-order valence-electron chi connectivity index (χ2n) is 6.66. The summed E-state index contributed by atoms with van der Waals surface area (Å²) in [5.74, 6) is 2.25. The van der Waals surface area contributed by atoms with Crippen molar-refractivity contribution in [2.45, 2.75) is 77.2 Å². The Bertz CT molecular complexity index is 460. The Balaban J connectivity index is 1.96. The zero-order chi connectivity index (χ0) is 13.9. The molecular weight excluding hydrogens is 246 g/mol. The molecule has 0 spiro atoms. The van der Waals surface area contributed by atoms with Crippen LogP contribution in [0.1, 0.15) is 87.0 Å². The van der Waals surface area contributed by atoms with Crippen molar-refractivity contribution in [1.29, 1.82) is 0 Å². The Morgan fingerprint density at radius 2 is 1.80 bits per heavy atom. The molecule has 0 saturated heterocycles. The minimum absolute atomic E-state index is 0.496. The first-order valence-corrected chi connectivity index (χ1v) is 8.36. The molecular formula is C17H27N3. The number of rotatable bonds is 2. The van der Waals surface area contributed by atoms with Crippen LogP contribution in [-0.4, -0.2) is 16.5 Å². The fourth-order valence-corrected chi connectivity index (χ4v) is 3.59. The summed E-state index contributed by atoms with van der Waals surface area (Å²) in [6.45, 7) is 6.53. The quantitative estimate of drug-likeness (QED) is 0.835. The van der Waals surface area contributed by atoms with Gasteiger partial charge in [0.15, 0.2) is 0 Å². The Morgan fingerprint density at radius 1 is 1.05 bits per heavy atom. The van der Waals surface area contributed by atoms with Gasteiger partial charge in [-0.3, -0.25) is 0 Å². The molecule has 1 saturated carbocycles. The molecule has 1 aromatic rings. The third-order valence-electron chi connectivity index (χ3n) is 4.75. The number of nitrogens with zero attached hydrogens (tertiary/aromatic N) is 2. The van der Waals surface area contributed by atoms with Gasteiger partial charge >= 0.3 is 0 Å². The molecule has 0 radical (unpaired) electrons. The monoisotopic (exact) mass is 273 g/mol. The van der Waals surface area contributed by atoms with Crippen LogP contribution in [0.5, 0.6) is 0 Å². The van der Waals surface area contributed by atoms with E-state index in [2.05, 4.69) is 19.2 Å². The van der Waals surface area contributed by atoms with Crippen LogP contribution in [-0.2, 0) is 13.0 Å². The van der Waals surface area contributed by atoms with E-state index in [0.29, 0.717) is 11.8 Å². The van der Waals surface area contributed by atoms with E-state index in [9.17, 15) is 0 Å². The third kappa shape index (κ3) is 2.88. The molecule has 1 N–H and O–H groups in total. The molecule has 1 aliphatic heterocycles. The van der Waals surface area contributed by atoms with Gasteiger partial charge < -0.3 is 5.32 Å². The summed E-state index contributed by atoms with van der Waals surface area (Å²) in [5.41, 5.74) is 3.99. The van der Waals surface area contributed by atoms with Crippen molar-refractivity contribution in [2.75, 3.05) is 6.54 Å². The second-order valence-corrected chi connectivity index (χ2v) is 6.66. The summed E-state index contributed by atoms with van der Waals surface area (Å²) in [6, 6.07) is 0. The zero-order valence-corrected chi connectivity index (χ0v) is 12.9. The summed E-state index contributed by atoms with van der Waals surface area (Å²) in [7, 11) is 0. The maximum absolute atomic E-state index is 5.00. The fourth-order valence-electron chi connectivity index (χ4n) is 3.59. The minimum atomic E-state index is 0.496. The largest absolute Gasteiger partial charge is 0.312 e. The molecule has 0 bridgehead atoms. The van der Waals surface area contributed by atoms with E-state index in [1.165, 1.54) is 55.5 Å². The van der Waals surface area contributed by atoms with E-state index in [4.69, 9.17) is 9.97 Å². The van der Waals surface area contributed by atoms with Crippen LogP contribution >= 0.6 is 0 Å². The van der Waals surface area contributed by atoms with E-state index in [1.807, 2.05) is 0 Å². The number of fused-ring (bicyclic) bond motifs is 1.